The second-order valence-electron chi connectivity index (χ2n) is 4.90. The van der Waals surface area contributed by atoms with Gasteiger partial charge in [0.15, 0.2) is 4.34 Å². The van der Waals surface area contributed by atoms with Crippen LogP contribution in [0.15, 0.2) is 58.9 Å². The van der Waals surface area contributed by atoms with Crippen LogP contribution in [0.25, 0.3) is 0 Å². The number of nitrogens with zero attached hydrogens (tertiary/aromatic N) is 2. The summed E-state index contributed by atoms with van der Waals surface area (Å²) < 4.78 is 6.11. The van der Waals surface area contributed by atoms with Crippen molar-refractivity contribution in [2.75, 3.05) is 12.4 Å². The number of ether oxygens (including phenoxy) is 1. The maximum atomic E-state index is 5.15. The van der Waals surface area contributed by atoms with E-state index < -0.39 is 0 Å². The van der Waals surface area contributed by atoms with Gasteiger partial charge >= 0.3 is 0 Å². The van der Waals surface area contributed by atoms with Crippen molar-refractivity contribution in [3.8, 4) is 5.75 Å². The van der Waals surface area contributed by atoms with Crippen LogP contribution in [0.5, 0.6) is 5.75 Å². The molecule has 23 heavy (non-hydrogen) atoms. The zero-order valence-corrected chi connectivity index (χ0v) is 14.5. The summed E-state index contributed by atoms with van der Waals surface area (Å²) in [6, 6.07) is 18.2. The molecule has 4 nitrogen and oxygen atoms in total. The Balaban J connectivity index is 1.63. The van der Waals surface area contributed by atoms with Gasteiger partial charge in [-0.25, -0.2) is 0 Å². The van der Waals surface area contributed by atoms with Crippen molar-refractivity contribution < 1.29 is 4.74 Å². The first-order chi connectivity index (χ1) is 11.2. The molecule has 1 heterocycles. The van der Waals surface area contributed by atoms with Gasteiger partial charge < -0.3 is 10.1 Å². The van der Waals surface area contributed by atoms with Gasteiger partial charge in [-0.15, -0.1) is 10.2 Å². The molecule has 0 unspecified atom stereocenters. The molecule has 0 aliphatic heterocycles. The number of hydrogen-bond acceptors (Lipinski definition) is 6. The second-order valence-corrected chi connectivity index (χ2v) is 7.46. The normalized spacial score (nSPS) is 11.9. The summed E-state index contributed by atoms with van der Waals surface area (Å²) in [7, 11) is 1.66. The lowest BCUT2D eigenvalue weighted by Crippen LogP contribution is -1.89. The Hall–Kier alpha value is -2.05. The molecule has 6 heteroatoms. The van der Waals surface area contributed by atoms with Crippen LogP contribution in [0.2, 0.25) is 0 Å². The second kappa shape index (κ2) is 7.48. The van der Waals surface area contributed by atoms with E-state index in [-0.39, 0.29) is 0 Å². The van der Waals surface area contributed by atoms with E-state index in [9.17, 15) is 0 Å². The highest BCUT2D eigenvalue weighted by Gasteiger charge is 2.11. The van der Waals surface area contributed by atoms with Gasteiger partial charge in [0.25, 0.3) is 0 Å². The largest absolute Gasteiger partial charge is 0.497 e. The van der Waals surface area contributed by atoms with Crippen molar-refractivity contribution in [1.29, 1.82) is 0 Å². The quantitative estimate of drug-likeness (QED) is 0.628. The van der Waals surface area contributed by atoms with Crippen LogP contribution in [0.1, 0.15) is 17.7 Å². The van der Waals surface area contributed by atoms with Crippen molar-refractivity contribution in [3.05, 3.63) is 60.2 Å². The van der Waals surface area contributed by atoms with E-state index in [1.807, 2.05) is 30.3 Å². The van der Waals surface area contributed by atoms with Crippen LogP contribution in [0, 0.1) is 0 Å². The van der Waals surface area contributed by atoms with E-state index in [0.29, 0.717) is 5.25 Å². The van der Waals surface area contributed by atoms with Crippen molar-refractivity contribution in [2.24, 2.45) is 0 Å². The van der Waals surface area contributed by atoms with Crippen molar-refractivity contribution in [2.45, 2.75) is 16.5 Å². The molecule has 0 saturated carbocycles. The van der Waals surface area contributed by atoms with Crippen molar-refractivity contribution in [1.82, 2.24) is 10.2 Å². The van der Waals surface area contributed by atoms with Gasteiger partial charge in [0.1, 0.15) is 5.75 Å². The Kier molecular flexibility index (Phi) is 5.15. The van der Waals surface area contributed by atoms with Gasteiger partial charge in [-0.2, -0.15) is 0 Å². The zero-order chi connectivity index (χ0) is 16.1. The molecule has 1 aromatic heterocycles. The highest BCUT2D eigenvalue weighted by atomic mass is 32.2. The summed E-state index contributed by atoms with van der Waals surface area (Å²) in [5, 5.41) is 12.9. The number of thioether (sulfide) groups is 1. The highest BCUT2D eigenvalue weighted by molar-refractivity contribution is 8.01. The van der Waals surface area contributed by atoms with Crippen LogP contribution in [-0.4, -0.2) is 17.3 Å². The lowest BCUT2D eigenvalue weighted by atomic mass is 10.2. The topological polar surface area (TPSA) is 47.0 Å². The van der Waals surface area contributed by atoms with Crippen LogP contribution in [-0.2, 0) is 0 Å². The molecular weight excluding hydrogens is 326 g/mol. The molecule has 0 aliphatic rings. The molecule has 0 fully saturated rings. The molecular formula is C17H17N3OS2. The molecule has 1 N–H and O–H groups in total. The number of methoxy groups -OCH3 is 1. The molecule has 0 amide bonds. The summed E-state index contributed by atoms with van der Waals surface area (Å²) in [4.78, 5) is 0. The number of hydrogen-bond donors (Lipinski definition) is 1. The smallest absolute Gasteiger partial charge is 0.210 e. The fourth-order valence-electron chi connectivity index (χ4n) is 2.05. The summed E-state index contributed by atoms with van der Waals surface area (Å²) >= 11 is 3.28. The van der Waals surface area contributed by atoms with E-state index in [1.54, 1.807) is 30.2 Å². The van der Waals surface area contributed by atoms with Gasteiger partial charge in [0.2, 0.25) is 5.13 Å². The fourth-order valence-corrected chi connectivity index (χ4v) is 4.09. The van der Waals surface area contributed by atoms with Gasteiger partial charge in [-0.05, 0) is 36.8 Å². The fraction of sp³-hybridized carbons (Fsp3) is 0.176. The van der Waals surface area contributed by atoms with E-state index in [2.05, 4.69) is 46.7 Å². The minimum Gasteiger partial charge on any atom is -0.497 e. The molecule has 2 aromatic carbocycles. The molecule has 0 aliphatic carbocycles. The predicted octanol–water partition coefficient (Wildman–Crippen LogP) is 5.14. The van der Waals surface area contributed by atoms with Crippen LogP contribution >= 0.6 is 23.1 Å². The molecule has 1 atom stereocenters. The summed E-state index contributed by atoms with van der Waals surface area (Å²) in [6.45, 7) is 2.18. The Labute approximate surface area is 143 Å². The monoisotopic (exact) mass is 343 g/mol. The predicted molar refractivity (Wildman–Crippen MR) is 96.9 cm³/mol. The van der Waals surface area contributed by atoms with Gasteiger partial charge in [-0.3, -0.25) is 0 Å². The first-order valence-corrected chi connectivity index (χ1v) is 8.90. The molecule has 0 bridgehead atoms. The highest BCUT2D eigenvalue weighted by Crippen LogP contribution is 2.37. The third kappa shape index (κ3) is 4.24. The average molecular weight is 343 g/mol. The maximum absolute atomic E-state index is 5.15. The third-order valence-corrected chi connectivity index (χ3v) is 5.38. The number of rotatable bonds is 6. The first kappa shape index (κ1) is 15.8. The summed E-state index contributed by atoms with van der Waals surface area (Å²) in [6.07, 6.45) is 0. The molecule has 3 aromatic rings. The Morgan fingerprint density at radius 3 is 2.48 bits per heavy atom. The molecule has 118 valence electrons. The van der Waals surface area contributed by atoms with E-state index >= 15 is 0 Å². The Morgan fingerprint density at radius 1 is 1.04 bits per heavy atom. The summed E-state index contributed by atoms with van der Waals surface area (Å²) in [5.74, 6) is 0.834. The number of aromatic nitrogens is 2. The number of benzene rings is 2. The minimum absolute atomic E-state index is 0.345. The molecule has 0 saturated heterocycles. The molecule has 0 radical (unpaired) electrons. The SMILES string of the molecule is COc1ccc(Nc2nnc(S[C@@H](C)c3ccccc3)s2)cc1. The lowest BCUT2D eigenvalue weighted by molar-refractivity contribution is 0.415. The van der Waals surface area contributed by atoms with E-state index in [1.165, 1.54) is 5.56 Å². The van der Waals surface area contributed by atoms with Gasteiger partial charge in [0, 0.05) is 10.9 Å². The summed E-state index contributed by atoms with van der Waals surface area (Å²) in [5.41, 5.74) is 2.26. The molecule has 3 rings (SSSR count). The number of nitrogens with one attached hydrogen (secondary N) is 1. The molecule has 0 spiro atoms. The number of anilines is 2. The van der Waals surface area contributed by atoms with E-state index in [4.69, 9.17) is 4.74 Å². The lowest BCUT2D eigenvalue weighted by Gasteiger charge is -2.08. The maximum Gasteiger partial charge on any atom is 0.210 e. The van der Waals surface area contributed by atoms with Gasteiger partial charge in [0.05, 0.1) is 7.11 Å². The van der Waals surface area contributed by atoms with Crippen molar-refractivity contribution >= 4 is 33.9 Å². The van der Waals surface area contributed by atoms with Gasteiger partial charge in [-0.1, -0.05) is 53.4 Å². The van der Waals surface area contributed by atoms with Crippen LogP contribution < -0.4 is 10.1 Å². The standard InChI is InChI=1S/C17H17N3OS2/c1-12(13-6-4-3-5-7-13)22-17-20-19-16(23-17)18-14-8-10-15(21-2)11-9-14/h3-12H,1-2H3,(H,18,19)/t12-/m0/s1. The van der Waals surface area contributed by atoms with Crippen LogP contribution in [0.4, 0.5) is 10.8 Å². The zero-order valence-electron chi connectivity index (χ0n) is 12.9. The third-order valence-electron chi connectivity index (χ3n) is 3.29. The Morgan fingerprint density at radius 2 is 1.78 bits per heavy atom. The first-order valence-electron chi connectivity index (χ1n) is 7.21. The van der Waals surface area contributed by atoms with Crippen LogP contribution in [0.3, 0.4) is 0 Å². The average Bonchev–Trinajstić information content (AvgIpc) is 3.03. The Bertz CT molecular complexity index is 744. The van der Waals surface area contributed by atoms with Crippen molar-refractivity contribution in [3.63, 3.8) is 0 Å². The minimum atomic E-state index is 0.345. The van der Waals surface area contributed by atoms with E-state index in [0.717, 1.165) is 20.9 Å².